The number of benzene rings is 1. The minimum atomic E-state index is 0.716. The molecular weight excluding hydrogens is 260 g/mol. The molecule has 1 aliphatic rings. The third-order valence-electron chi connectivity index (χ3n) is 3.20. The molecule has 2 aromatic rings. The maximum absolute atomic E-state index is 5.83. The van der Waals surface area contributed by atoms with Crippen molar-refractivity contribution in [2.75, 3.05) is 18.0 Å². The van der Waals surface area contributed by atoms with Crippen LogP contribution < -0.4 is 4.90 Å². The van der Waals surface area contributed by atoms with Crippen molar-refractivity contribution in [2.45, 2.75) is 12.8 Å². The molecule has 3 rings (SSSR count). The summed E-state index contributed by atoms with van der Waals surface area (Å²) in [5.41, 5.74) is 0.864. The van der Waals surface area contributed by atoms with E-state index in [0.29, 0.717) is 5.02 Å². The molecule has 1 saturated heterocycles. The van der Waals surface area contributed by atoms with Crippen LogP contribution in [0, 0.1) is 0 Å². The van der Waals surface area contributed by atoms with Gasteiger partial charge in [0.25, 0.3) is 0 Å². The van der Waals surface area contributed by atoms with E-state index >= 15 is 0 Å². The lowest BCUT2D eigenvalue weighted by atomic mass is 10.3. The van der Waals surface area contributed by atoms with E-state index in [2.05, 4.69) is 9.89 Å². The SMILES string of the molecule is Clc1ccc(N=Cc2ccc(N3CCCC3)o2)cc1. The molecular formula is C15H15ClN2O. The predicted molar refractivity (Wildman–Crippen MR) is 78.9 cm³/mol. The van der Waals surface area contributed by atoms with Crippen LogP contribution >= 0.6 is 11.6 Å². The second kappa shape index (κ2) is 5.49. The molecule has 1 fully saturated rings. The van der Waals surface area contributed by atoms with Crippen molar-refractivity contribution in [2.24, 2.45) is 4.99 Å². The number of halogens is 1. The summed E-state index contributed by atoms with van der Waals surface area (Å²) in [5.74, 6) is 1.71. The monoisotopic (exact) mass is 274 g/mol. The highest BCUT2D eigenvalue weighted by Gasteiger charge is 2.14. The van der Waals surface area contributed by atoms with Gasteiger partial charge in [-0.25, -0.2) is 0 Å². The third kappa shape index (κ3) is 2.99. The van der Waals surface area contributed by atoms with Crippen molar-refractivity contribution in [3.05, 3.63) is 47.2 Å². The zero-order valence-corrected chi connectivity index (χ0v) is 11.3. The summed E-state index contributed by atoms with van der Waals surface area (Å²) in [7, 11) is 0. The molecule has 0 aliphatic carbocycles. The normalized spacial score (nSPS) is 15.5. The summed E-state index contributed by atoms with van der Waals surface area (Å²) in [5, 5.41) is 0.716. The molecule has 4 heteroatoms. The second-order valence-electron chi connectivity index (χ2n) is 4.60. The average Bonchev–Trinajstić information content (AvgIpc) is 3.09. The first kappa shape index (κ1) is 12.3. The summed E-state index contributed by atoms with van der Waals surface area (Å²) in [6.45, 7) is 2.17. The number of nitrogens with zero attached hydrogens (tertiary/aromatic N) is 2. The first-order valence-corrected chi connectivity index (χ1v) is 6.83. The highest BCUT2D eigenvalue weighted by atomic mass is 35.5. The van der Waals surface area contributed by atoms with Crippen LogP contribution in [0.5, 0.6) is 0 Å². The fourth-order valence-corrected chi connectivity index (χ4v) is 2.31. The van der Waals surface area contributed by atoms with Crippen LogP contribution in [0.3, 0.4) is 0 Å². The van der Waals surface area contributed by atoms with Gasteiger partial charge in [0.05, 0.1) is 11.9 Å². The predicted octanol–water partition coefficient (Wildman–Crippen LogP) is 4.28. The zero-order chi connectivity index (χ0) is 13.1. The molecule has 2 heterocycles. The van der Waals surface area contributed by atoms with E-state index in [4.69, 9.17) is 16.0 Å². The summed E-state index contributed by atoms with van der Waals surface area (Å²) in [4.78, 5) is 6.63. The molecule has 0 N–H and O–H groups in total. The quantitative estimate of drug-likeness (QED) is 0.782. The fraction of sp³-hybridized carbons (Fsp3) is 0.267. The van der Waals surface area contributed by atoms with Crippen molar-refractivity contribution < 1.29 is 4.42 Å². The van der Waals surface area contributed by atoms with Crippen molar-refractivity contribution >= 4 is 29.4 Å². The molecule has 3 nitrogen and oxygen atoms in total. The van der Waals surface area contributed by atoms with Crippen molar-refractivity contribution in [3.63, 3.8) is 0 Å². The highest BCUT2D eigenvalue weighted by molar-refractivity contribution is 6.30. The minimum absolute atomic E-state index is 0.716. The average molecular weight is 275 g/mol. The van der Waals surface area contributed by atoms with Crippen LogP contribution in [0.25, 0.3) is 0 Å². The van der Waals surface area contributed by atoms with E-state index in [-0.39, 0.29) is 0 Å². The van der Waals surface area contributed by atoms with Gasteiger partial charge in [0.1, 0.15) is 5.76 Å². The molecule has 1 aromatic carbocycles. The number of aliphatic imine (C=N–C) groups is 1. The van der Waals surface area contributed by atoms with E-state index in [1.165, 1.54) is 12.8 Å². The molecule has 0 unspecified atom stereocenters. The summed E-state index contributed by atoms with van der Waals surface area (Å²) >= 11 is 5.83. The zero-order valence-electron chi connectivity index (χ0n) is 10.6. The van der Waals surface area contributed by atoms with Gasteiger partial charge < -0.3 is 9.32 Å². The molecule has 0 saturated carbocycles. The molecule has 0 spiro atoms. The molecule has 0 atom stereocenters. The van der Waals surface area contributed by atoms with E-state index in [1.807, 2.05) is 36.4 Å². The molecule has 0 amide bonds. The van der Waals surface area contributed by atoms with Gasteiger partial charge >= 0.3 is 0 Å². The van der Waals surface area contributed by atoms with Crippen molar-refractivity contribution in [1.82, 2.24) is 0 Å². The first-order chi connectivity index (χ1) is 9.31. The maximum atomic E-state index is 5.83. The van der Waals surface area contributed by atoms with Gasteiger partial charge in [0, 0.05) is 24.2 Å². The Bertz CT molecular complexity index is 568. The number of rotatable bonds is 3. The molecule has 1 aromatic heterocycles. The first-order valence-electron chi connectivity index (χ1n) is 6.46. The molecule has 0 bridgehead atoms. The topological polar surface area (TPSA) is 28.7 Å². The number of hydrogen-bond donors (Lipinski definition) is 0. The Morgan fingerprint density at radius 1 is 1.05 bits per heavy atom. The van der Waals surface area contributed by atoms with Gasteiger partial charge in [0.15, 0.2) is 5.88 Å². The van der Waals surface area contributed by atoms with Gasteiger partial charge in [-0.1, -0.05) is 11.6 Å². The Morgan fingerprint density at radius 2 is 1.79 bits per heavy atom. The Balaban J connectivity index is 1.71. The van der Waals surface area contributed by atoms with Gasteiger partial charge in [-0.15, -0.1) is 0 Å². The Kier molecular flexibility index (Phi) is 3.56. The van der Waals surface area contributed by atoms with E-state index in [0.717, 1.165) is 30.4 Å². The van der Waals surface area contributed by atoms with Gasteiger partial charge in [-0.3, -0.25) is 4.99 Å². The van der Waals surface area contributed by atoms with E-state index < -0.39 is 0 Å². The van der Waals surface area contributed by atoms with E-state index in [9.17, 15) is 0 Å². The molecule has 98 valence electrons. The maximum Gasteiger partial charge on any atom is 0.196 e. The lowest BCUT2D eigenvalue weighted by Crippen LogP contribution is -2.16. The third-order valence-corrected chi connectivity index (χ3v) is 3.45. The van der Waals surface area contributed by atoms with Crippen LogP contribution in [0.15, 0.2) is 45.8 Å². The Labute approximate surface area is 117 Å². The number of furan rings is 1. The Morgan fingerprint density at radius 3 is 2.53 bits per heavy atom. The second-order valence-corrected chi connectivity index (χ2v) is 5.04. The summed E-state index contributed by atoms with van der Waals surface area (Å²) < 4.78 is 5.76. The highest BCUT2D eigenvalue weighted by Crippen LogP contribution is 2.22. The molecule has 0 radical (unpaired) electrons. The van der Waals surface area contributed by atoms with Crippen LogP contribution in [-0.4, -0.2) is 19.3 Å². The number of hydrogen-bond acceptors (Lipinski definition) is 3. The standard InChI is InChI=1S/C15H15ClN2O/c16-12-3-5-13(6-4-12)17-11-14-7-8-15(19-14)18-9-1-2-10-18/h3-8,11H,1-2,9-10H2. The lowest BCUT2D eigenvalue weighted by Gasteiger charge is -2.12. The fourth-order valence-electron chi connectivity index (χ4n) is 2.18. The van der Waals surface area contributed by atoms with E-state index in [1.54, 1.807) is 6.21 Å². The van der Waals surface area contributed by atoms with Crippen LogP contribution in [-0.2, 0) is 0 Å². The molecule has 19 heavy (non-hydrogen) atoms. The van der Waals surface area contributed by atoms with Crippen molar-refractivity contribution in [3.8, 4) is 0 Å². The lowest BCUT2D eigenvalue weighted by molar-refractivity contribution is 0.550. The van der Waals surface area contributed by atoms with Crippen molar-refractivity contribution in [1.29, 1.82) is 0 Å². The van der Waals surface area contributed by atoms with Crippen LogP contribution in [0.4, 0.5) is 11.6 Å². The summed E-state index contributed by atoms with van der Waals surface area (Å²) in [6.07, 6.45) is 4.23. The minimum Gasteiger partial charge on any atom is -0.440 e. The molecule has 1 aliphatic heterocycles. The number of anilines is 1. The van der Waals surface area contributed by atoms with Gasteiger partial charge in [-0.2, -0.15) is 0 Å². The Hall–Kier alpha value is -1.74. The smallest absolute Gasteiger partial charge is 0.196 e. The summed E-state index contributed by atoms with van der Waals surface area (Å²) in [6, 6.07) is 11.4. The van der Waals surface area contributed by atoms with Crippen LogP contribution in [0.1, 0.15) is 18.6 Å². The van der Waals surface area contributed by atoms with Crippen LogP contribution in [0.2, 0.25) is 5.02 Å². The van der Waals surface area contributed by atoms with Gasteiger partial charge in [0.2, 0.25) is 0 Å². The van der Waals surface area contributed by atoms with Gasteiger partial charge in [-0.05, 0) is 43.2 Å². The largest absolute Gasteiger partial charge is 0.440 e.